The summed E-state index contributed by atoms with van der Waals surface area (Å²) in [6.07, 6.45) is 1.79. The molecule has 0 bridgehead atoms. The summed E-state index contributed by atoms with van der Waals surface area (Å²) in [6, 6.07) is 15.1. The van der Waals surface area contributed by atoms with E-state index in [0.717, 1.165) is 16.7 Å². The minimum Gasteiger partial charge on any atom is -0.506 e. The lowest BCUT2D eigenvalue weighted by atomic mass is 10.1. The largest absolute Gasteiger partial charge is 0.506 e. The number of rotatable bonds is 3. The highest BCUT2D eigenvalue weighted by molar-refractivity contribution is 8.00. The zero-order chi connectivity index (χ0) is 18.1. The second-order valence-electron chi connectivity index (χ2n) is 6.04. The molecule has 1 aromatic heterocycles. The number of benzene rings is 2. The van der Waals surface area contributed by atoms with Gasteiger partial charge in [-0.25, -0.2) is 4.68 Å². The maximum Gasteiger partial charge on any atom is 0.235 e. The SMILES string of the molecule is O=C1CS[C@@H](c2ccc(O)c(Cl)c2)c2cnn(Cc3ccccc3)c2N1. The van der Waals surface area contributed by atoms with E-state index in [1.54, 1.807) is 18.3 Å². The molecule has 4 rings (SSSR count). The lowest BCUT2D eigenvalue weighted by Crippen LogP contribution is -2.16. The van der Waals surface area contributed by atoms with Crippen LogP contribution in [-0.4, -0.2) is 26.5 Å². The number of amides is 1. The van der Waals surface area contributed by atoms with Crippen molar-refractivity contribution in [3.8, 4) is 5.75 Å². The minimum absolute atomic E-state index is 0.0447. The van der Waals surface area contributed by atoms with Crippen LogP contribution in [0, 0.1) is 0 Å². The maximum absolute atomic E-state index is 12.2. The summed E-state index contributed by atoms with van der Waals surface area (Å²) in [4.78, 5) is 12.2. The number of carbonyl (C=O) groups excluding carboxylic acids is 1. The first-order valence-electron chi connectivity index (χ1n) is 8.11. The van der Waals surface area contributed by atoms with Gasteiger partial charge in [-0.05, 0) is 23.3 Å². The molecule has 26 heavy (non-hydrogen) atoms. The molecule has 1 amide bonds. The van der Waals surface area contributed by atoms with E-state index >= 15 is 0 Å². The van der Waals surface area contributed by atoms with E-state index in [0.29, 0.717) is 23.1 Å². The first kappa shape index (κ1) is 17.0. The number of nitrogens with zero attached hydrogens (tertiary/aromatic N) is 2. The molecule has 0 spiro atoms. The number of aromatic hydroxyl groups is 1. The molecule has 0 fully saturated rings. The molecule has 2 N–H and O–H groups in total. The van der Waals surface area contributed by atoms with Gasteiger partial charge in [0.05, 0.1) is 28.8 Å². The Bertz CT molecular complexity index is 959. The van der Waals surface area contributed by atoms with Crippen molar-refractivity contribution in [2.45, 2.75) is 11.8 Å². The average molecular weight is 386 g/mol. The number of anilines is 1. The monoisotopic (exact) mass is 385 g/mol. The summed E-state index contributed by atoms with van der Waals surface area (Å²) >= 11 is 7.60. The van der Waals surface area contributed by atoms with Crippen molar-refractivity contribution < 1.29 is 9.90 Å². The number of aromatic nitrogens is 2. The molecule has 1 aliphatic rings. The van der Waals surface area contributed by atoms with Gasteiger partial charge in [-0.2, -0.15) is 5.10 Å². The molecule has 1 aliphatic heterocycles. The third-order valence-electron chi connectivity index (χ3n) is 4.24. The van der Waals surface area contributed by atoms with Crippen molar-refractivity contribution in [3.05, 3.63) is 76.4 Å². The topological polar surface area (TPSA) is 67.1 Å². The second kappa shape index (κ2) is 7.05. The maximum atomic E-state index is 12.2. The number of hydrogen-bond donors (Lipinski definition) is 2. The Morgan fingerprint density at radius 3 is 2.85 bits per heavy atom. The molecule has 132 valence electrons. The van der Waals surface area contributed by atoms with Crippen LogP contribution in [0.1, 0.15) is 21.9 Å². The predicted molar refractivity (Wildman–Crippen MR) is 104 cm³/mol. The molecule has 7 heteroatoms. The Morgan fingerprint density at radius 2 is 2.08 bits per heavy atom. The Morgan fingerprint density at radius 1 is 1.27 bits per heavy atom. The second-order valence-corrected chi connectivity index (χ2v) is 7.54. The molecular weight excluding hydrogens is 370 g/mol. The fourth-order valence-electron chi connectivity index (χ4n) is 2.98. The number of halogens is 1. The molecule has 0 aliphatic carbocycles. The van der Waals surface area contributed by atoms with E-state index in [9.17, 15) is 9.90 Å². The van der Waals surface area contributed by atoms with Gasteiger partial charge in [-0.3, -0.25) is 4.79 Å². The van der Waals surface area contributed by atoms with Crippen LogP contribution in [0.5, 0.6) is 5.75 Å². The summed E-state index contributed by atoms with van der Waals surface area (Å²) in [5.41, 5.74) is 2.96. The average Bonchev–Trinajstić information content (AvgIpc) is 2.92. The molecule has 1 atom stereocenters. The third-order valence-corrected chi connectivity index (χ3v) is 5.83. The van der Waals surface area contributed by atoms with Crippen molar-refractivity contribution in [1.82, 2.24) is 9.78 Å². The van der Waals surface area contributed by atoms with Gasteiger partial charge in [-0.1, -0.05) is 48.0 Å². The highest BCUT2D eigenvalue weighted by atomic mass is 35.5. The van der Waals surface area contributed by atoms with Crippen LogP contribution in [0.4, 0.5) is 5.82 Å². The van der Waals surface area contributed by atoms with Crippen LogP contribution in [0.3, 0.4) is 0 Å². The summed E-state index contributed by atoms with van der Waals surface area (Å²) in [5.74, 6) is 1.03. The number of phenolic OH excluding ortho intramolecular Hbond substituents is 1. The highest BCUT2D eigenvalue weighted by Gasteiger charge is 2.28. The van der Waals surface area contributed by atoms with Crippen LogP contribution in [0.15, 0.2) is 54.7 Å². The zero-order valence-corrected chi connectivity index (χ0v) is 15.3. The first-order chi connectivity index (χ1) is 12.6. The molecule has 2 aromatic carbocycles. The van der Waals surface area contributed by atoms with Gasteiger partial charge < -0.3 is 10.4 Å². The van der Waals surface area contributed by atoms with Crippen LogP contribution >= 0.6 is 23.4 Å². The molecular formula is C19H16ClN3O2S. The zero-order valence-electron chi connectivity index (χ0n) is 13.7. The Hall–Kier alpha value is -2.44. The van der Waals surface area contributed by atoms with Gasteiger partial charge in [0.25, 0.3) is 0 Å². The van der Waals surface area contributed by atoms with Crippen molar-refractivity contribution in [2.24, 2.45) is 0 Å². The molecule has 0 saturated heterocycles. The van der Waals surface area contributed by atoms with Gasteiger partial charge in [0.1, 0.15) is 11.6 Å². The minimum atomic E-state index is -0.0911. The number of thioether (sulfide) groups is 1. The van der Waals surface area contributed by atoms with Gasteiger partial charge in [0.2, 0.25) is 5.91 Å². The standard InChI is InChI=1S/C19H16ClN3O2S/c20-15-8-13(6-7-16(15)24)18-14-9-21-23(10-12-4-2-1-3-5-12)19(14)22-17(25)11-26-18/h1-9,18,24H,10-11H2,(H,22,25)/t18-/m0/s1. The Labute approximate surface area is 160 Å². The third kappa shape index (κ3) is 3.30. The molecule has 0 saturated carbocycles. The smallest absolute Gasteiger partial charge is 0.235 e. The van der Waals surface area contributed by atoms with E-state index < -0.39 is 0 Å². The van der Waals surface area contributed by atoms with Crippen molar-refractivity contribution in [2.75, 3.05) is 11.1 Å². The molecule has 0 unspecified atom stereocenters. The van der Waals surface area contributed by atoms with Gasteiger partial charge in [0, 0.05) is 5.56 Å². The number of nitrogens with one attached hydrogen (secondary N) is 1. The fraction of sp³-hybridized carbons (Fsp3) is 0.158. The van der Waals surface area contributed by atoms with Crippen molar-refractivity contribution >= 4 is 35.1 Å². The van der Waals surface area contributed by atoms with Crippen LogP contribution < -0.4 is 5.32 Å². The summed E-state index contributed by atoms with van der Waals surface area (Å²) in [5, 5.41) is 17.4. The number of phenols is 1. The quantitative estimate of drug-likeness (QED) is 0.713. The van der Waals surface area contributed by atoms with Crippen molar-refractivity contribution in [3.63, 3.8) is 0 Å². The van der Waals surface area contributed by atoms with Crippen LogP contribution in [-0.2, 0) is 11.3 Å². The number of carbonyl (C=O) groups is 1. The summed E-state index contributed by atoms with van der Waals surface area (Å²) in [7, 11) is 0. The van der Waals surface area contributed by atoms with E-state index in [1.807, 2.05) is 41.1 Å². The van der Waals surface area contributed by atoms with Crippen LogP contribution in [0.2, 0.25) is 5.02 Å². The van der Waals surface area contributed by atoms with E-state index in [2.05, 4.69) is 10.4 Å². The van der Waals surface area contributed by atoms with E-state index in [1.165, 1.54) is 11.8 Å². The normalized spacial score (nSPS) is 16.7. The molecule has 2 heterocycles. The molecule has 5 nitrogen and oxygen atoms in total. The predicted octanol–water partition coefficient (Wildman–Crippen LogP) is 4.07. The molecule has 0 radical (unpaired) electrons. The Kier molecular flexibility index (Phi) is 4.61. The fourth-order valence-corrected chi connectivity index (χ4v) is 4.25. The molecule has 3 aromatic rings. The Balaban J connectivity index is 1.74. The van der Waals surface area contributed by atoms with Crippen LogP contribution in [0.25, 0.3) is 0 Å². The summed E-state index contributed by atoms with van der Waals surface area (Å²) in [6.45, 7) is 0.574. The summed E-state index contributed by atoms with van der Waals surface area (Å²) < 4.78 is 1.81. The lowest BCUT2D eigenvalue weighted by Gasteiger charge is -2.15. The van der Waals surface area contributed by atoms with E-state index in [-0.39, 0.29) is 16.9 Å². The van der Waals surface area contributed by atoms with Gasteiger partial charge >= 0.3 is 0 Å². The van der Waals surface area contributed by atoms with Gasteiger partial charge in [0.15, 0.2) is 0 Å². The van der Waals surface area contributed by atoms with Gasteiger partial charge in [-0.15, -0.1) is 11.8 Å². The lowest BCUT2D eigenvalue weighted by molar-refractivity contribution is -0.113. The van der Waals surface area contributed by atoms with Crippen molar-refractivity contribution in [1.29, 1.82) is 0 Å². The number of hydrogen-bond acceptors (Lipinski definition) is 4. The van der Waals surface area contributed by atoms with E-state index in [4.69, 9.17) is 11.6 Å². The first-order valence-corrected chi connectivity index (χ1v) is 9.54. The highest BCUT2D eigenvalue weighted by Crippen LogP contribution is 2.43. The number of fused-ring (bicyclic) bond motifs is 1.